The molecule has 0 N–H and O–H groups in total. The third kappa shape index (κ3) is 3.41. The van der Waals surface area contributed by atoms with Crippen molar-refractivity contribution < 1.29 is 13.9 Å². The maximum Gasteiger partial charge on any atom is 0.192 e. The Balaban J connectivity index is 1.87. The Bertz CT molecular complexity index is 311. The molecule has 2 rings (SSSR count). The third-order valence-electron chi connectivity index (χ3n) is 4.86. The lowest BCUT2D eigenvalue weighted by Gasteiger charge is -2.40. The molecule has 0 unspecified atom stereocenters. The molecule has 0 saturated carbocycles. The van der Waals surface area contributed by atoms with Crippen LogP contribution in [0.3, 0.4) is 0 Å². The van der Waals surface area contributed by atoms with Crippen molar-refractivity contribution in [3.63, 3.8) is 0 Å². The smallest absolute Gasteiger partial charge is 0.192 e. The molecule has 0 aromatic carbocycles. The normalized spacial score (nSPS) is 35.1. The summed E-state index contributed by atoms with van der Waals surface area (Å²) in [5, 5.41) is 0.246. The van der Waals surface area contributed by atoms with Crippen LogP contribution in [-0.2, 0) is 13.9 Å². The predicted molar refractivity (Wildman–Crippen MR) is 80.0 cm³/mol. The molecule has 0 aromatic heterocycles. The van der Waals surface area contributed by atoms with Crippen molar-refractivity contribution in [1.82, 2.24) is 0 Å². The predicted octanol–water partition coefficient (Wildman–Crippen LogP) is 3.73. The molecule has 2 aliphatic rings. The van der Waals surface area contributed by atoms with Gasteiger partial charge in [0, 0.05) is 0 Å². The zero-order valence-electron chi connectivity index (χ0n) is 13.4. The average molecular weight is 286 g/mol. The molecule has 0 aromatic rings. The molecule has 2 saturated heterocycles. The van der Waals surface area contributed by atoms with Gasteiger partial charge in [-0.2, -0.15) is 0 Å². The van der Waals surface area contributed by atoms with E-state index in [-0.39, 0.29) is 11.1 Å². The summed E-state index contributed by atoms with van der Waals surface area (Å²) in [6, 6.07) is 0. The van der Waals surface area contributed by atoms with Gasteiger partial charge in [-0.25, -0.2) is 0 Å². The lowest BCUT2D eigenvalue weighted by atomic mass is 10.0. The van der Waals surface area contributed by atoms with Crippen LogP contribution < -0.4 is 0 Å². The minimum atomic E-state index is -1.71. The number of hydrogen-bond acceptors (Lipinski definition) is 3. The van der Waals surface area contributed by atoms with Crippen LogP contribution in [0, 0.1) is 0 Å². The van der Waals surface area contributed by atoms with E-state index in [1.165, 1.54) is 12.8 Å². The first-order valence-electron chi connectivity index (χ1n) is 7.71. The zero-order chi connectivity index (χ0) is 14.3. The zero-order valence-corrected chi connectivity index (χ0v) is 14.4. The first-order valence-corrected chi connectivity index (χ1v) is 10.6. The van der Waals surface area contributed by atoms with Crippen LogP contribution in [0.25, 0.3) is 0 Å². The highest BCUT2D eigenvalue weighted by molar-refractivity contribution is 6.74. The molecule has 112 valence electrons. The second-order valence-corrected chi connectivity index (χ2v) is 12.3. The van der Waals surface area contributed by atoms with Crippen molar-refractivity contribution >= 4 is 8.32 Å². The summed E-state index contributed by atoms with van der Waals surface area (Å²) in [5.41, 5.74) is 0. The monoisotopic (exact) mass is 286 g/mol. The molecule has 2 heterocycles. The van der Waals surface area contributed by atoms with Gasteiger partial charge in [0.25, 0.3) is 0 Å². The summed E-state index contributed by atoms with van der Waals surface area (Å²) < 4.78 is 18.2. The van der Waals surface area contributed by atoms with Crippen LogP contribution in [0.15, 0.2) is 0 Å². The highest BCUT2D eigenvalue weighted by Gasteiger charge is 2.56. The first kappa shape index (κ1) is 15.5. The van der Waals surface area contributed by atoms with Gasteiger partial charge in [-0.15, -0.1) is 0 Å². The van der Waals surface area contributed by atoms with E-state index in [0.717, 1.165) is 6.42 Å². The molecular weight excluding hydrogens is 256 g/mol. The van der Waals surface area contributed by atoms with Crippen molar-refractivity contribution in [2.45, 2.75) is 89.5 Å². The minimum Gasteiger partial charge on any atom is -0.409 e. The fraction of sp³-hybridized carbons (Fsp3) is 1.00. The molecule has 3 nitrogen and oxygen atoms in total. The molecule has 0 aliphatic carbocycles. The van der Waals surface area contributed by atoms with E-state index in [1.807, 2.05) is 0 Å². The lowest BCUT2D eigenvalue weighted by molar-refractivity contribution is -0.0343. The Morgan fingerprint density at radius 3 is 2.47 bits per heavy atom. The van der Waals surface area contributed by atoms with E-state index >= 15 is 0 Å². The van der Waals surface area contributed by atoms with E-state index in [1.54, 1.807) is 0 Å². The fourth-order valence-corrected chi connectivity index (χ4v) is 3.76. The molecule has 2 aliphatic heterocycles. The minimum absolute atomic E-state index is 0.156. The fourth-order valence-electron chi connectivity index (χ4n) is 2.45. The maximum absolute atomic E-state index is 6.44. The molecule has 0 amide bonds. The van der Waals surface area contributed by atoms with Gasteiger partial charge in [0.1, 0.15) is 12.2 Å². The van der Waals surface area contributed by atoms with Gasteiger partial charge in [0.2, 0.25) is 0 Å². The Morgan fingerprint density at radius 1 is 1.21 bits per heavy atom. The number of rotatable bonds is 5. The van der Waals surface area contributed by atoms with Crippen LogP contribution in [-0.4, -0.2) is 39.3 Å². The first-order chi connectivity index (χ1) is 8.76. The van der Waals surface area contributed by atoms with E-state index in [0.29, 0.717) is 24.9 Å². The number of hydrogen-bond donors (Lipinski definition) is 0. The Kier molecular flexibility index (Phi) is 4.46. The Morgan fingerprint density at radius 2 is 1.89 bits per heavy atom. The third-order valence-corrected chi connectivity index (χ3v) is 9.37. The molecule has 0 spiro atoms. The number of unbranched alkanes of at least 4 members (excludes halogenated alkanes) is 1. The van der Waals surface area contributed by atoms with Crippen LogP contribution >= 0.6 is 0 Å². The summed E-state index contributed by atoms with van der Waals surface area (Å²) in [5.74, 6) is 0. The van der Waals surface area contributed by atoms with Gasteiger partial charge in [0.05, 0.1) is 18.8 Å². The highest BCUT2D eigenvalue weighted by Crippen LogP contribution is 2.43. The molecule has 0 radical (unpaired) electrons. The summed E-state index contributed by atoms with van der Waals surface area (Å²) in [4.78, 5) is 0. The van der Waals surface area contributed by atoms with Crippen LogP contribution in [0.4, 0.5) is 0 Å². The topological polar surface area (TPSA) is 31.0 Å². The van der Waals surface area contributed by atoms with Crippen molar-refractivity contribution in [2.75, 3.05) is 6.61 Å². The summed E-state index contributed by atoms with van der Waals surface area (Å²) >= 11 is 0. The van der Waals surface area contributed by atoms with Gasteiger partial charge in [-0.3, -0.25) is 0 Å². The molecule has 2 fully saturated rings. The van der Waals surface area contributed by atoms with Gasteiger partial charge in [-0.1, -0.05) is 40.5 Å². The van der Waals surface area contributed by atoms with E-state index in [9.17, 15) is 0 Å². The van der Waals surface area contributed by atoms with Crippen LogP contribution in [0.5, 0.6) is 0 Å². The van der Waals surface area contributed by atoms with Crippen molar-refractivity contribution in [2.24, 2.45) is 0 Å². The van der Waals surface area contributed by atoms with Crippen molar-refractivity contribution in [3.8, 4) is 0 Å². The maximum atomic E-state index is 6.44. The summed E-state index contributed by atoms with van der Waals surface area (Å²) in [6.07, 6.45) is 4.64. The quantitative estimate of drug-likeness (QED) is 0.570. The van der Waals surface area contributed by atoms with Crippen LogP contribution in [0.1, 0.15) is 47.0 Å². The highest BCUT2D eigenvalue weighted by atomic mass is 28.4. The average Bonchev–Trinajstić information content (AvgIpc) is 3.06. The van der Waals surface area contributed by atoms with Gasteiger partial charge < -0.3 is 13.9 Å². The molecular formula is C15H30O3Si. The number of epoxide rings is 1. The number of ether oxygens (including phenoxy) is 2. The van der Waals surface area contributed by atoms with Gasteiger partial charge in [0.15, 0.2) is 8.32 Å². The number of fused-ring (bicyclic) bond motifs is 1. The largest absolute Gasteiger partial charge is 0.409 e. The van der Waals surface area contributed by atoms with E-state index < -0.39 is 8.32 Å². The second-order valence-electron chi connectivity index (χ2n) is 7.50. The van der Waals surface area contributed by atoms with Crippen LogP contribution in [0.2, 0.25) is 18.1 Å². The van der Waals surface area contributed by atoms with E-state index in [4.69, 9.17) is 13.9 Å². The lowest BCUT2D eigenvalue weighted by Crippen LogP contribution is -2.49. The summed E-state index contributed by atoms with van der Waals surface area (Å²) in [7, 11) is -1.71. The molecule has 4 atom stereocenters. The standard InChI is InChI=1S/C15H30O3Si/c1-7-8-9-11-13-14(17-13)12(10-16-11)18-19(5,6)15(2,3)4/h11-14H,7-10H2,1-6H3/t11-,12+,13+,14-/m0/s1. The summed E-state index contributed by atoms with van der Waals surface area (Å²) in [6.45, 7) is 14.4. The van der Waals surface area contributed by atoms with Crippen molar-refractivity contribution in [1.29, 1.82) is 0 Å². The molecule has 4 heteroatoms. The second kappa shape index (κ2) is 5.47. The van der Waals surface area contributed by atoms with Crippen molar-refractivity contribution in [3.05, 3.63) is 0 Å². The van der Waals surface area contributed by atoms with Gasteiger partial charge in [-0.05, 0) is 24.6 Å². The Labute approximate surface area is 119 Å². The van der Waals surface area contributed by atoms with E-state index in [2.05, 4.69) is 40.8 Å². The van der Waals surface area contributed by atoms with Gasteiger partial charge >= 0.3 is 0 Å². The SMILES string of the molecule is CCCC[C@@H]1OC[C@@H](O[Si](C)(C)C(C)(C)C)[C@@H]2O[C@@H]21. The Hall–Kier alpha value is 0.0969. The molecule has 19 heavy (non-hydrogen) atoms. The molecule has 0 bridgehead atoms.